The number of piperidine rings is 6. The highest BCUT2D eigenvalue weighted by molar-refractivity contribution is 9.10. The number of phenols is 1. The van der Waals surface area contributed by atoms with Crippen molar-refractivity contribution in [3.63, 3.8) is 0 Å². The van der Waals surface area contributed by atoms with Crippen LogP contribution in [0, 0.1) is 49.3 Å². The summed E-state index contributed by atoms with van der Waals surface area (Å²) in [7, 11) is 1.55. The second-order valence-corrected chi connectivity index (χ2v) is 42.2. The lowest BCUT2D eigenvalue weighted by molar-refractivity contribution is -0.920. The average Bonchev–Trinajstić information content (AvgIpc) is 1.68. The first-order valence-corrected chi connectivity index (χ1v) is 51.9. The van der Waals surface area contributed by atoms with Crippen LogP contribution in [0.25, 0.3) is 0 Å². The molecular weight excluding hydrogens is 2070 g/mol. The zero-order chi connectivity index (χ0) is 106. The van der Waals surface area contributed by atoms with E-state index in [2.05, 4.69) is 15.9 Å². The van der Waals surface area contributed by atoms with Gasteiger partial charge in [-0.1, -0.05) is 122 Å². The summed E-state index contributed by atoms with van der Waals surface area (Å²) in [4.78, 5) is 220. The molecule has 0 spiro atoms. The summed E-state index contributed by atoms with van der Waals surface area (Å²) < 4.78 is 19.3. The van der Waals surface area contributed by atoms with Gasteiger partial charge in [0.05, 0.1) is 173 Å². The summed E-state index contributed by atoms with van der Waals surface area (Å²) in [6.45, 7) is 11.6. The molecule has 43 heteroatoms. The number of carbonyl (C=O) groups excluding carboxylic acids is 17. The van der Waals surface area contributed by atoms with Gasteiger partial charge >= 0.3 is 0 Å². The molecule has 6 atom stereocenters. The summed E-state index contributed by atoms with van der Waals surface area (Å²) in [5.74, 6) is -6.32. The van der Waals surface area contributed by atoms with Crippen molar-refractivity contribution in [2.75, 3.05) is 115 Å². The number of hydrogen-bond donors (Lipinski definition) is 10. The molecule has 12 fully saturated rings. The third-order valence-corrected chi connectivity index (χ3v) is 32.3. The second kappa shape index (κ2) is 48.9. The van der Waals surface area contributed by atoms with E-state index in [9.17, 15) is 101 Å². The van der Waals surface area contributed by atoms with E-state index in [4.69, 9.17) is 79.9 Å². The Hall–Kier alpha value is -12.1. The van der Waals surface area contributed by atoms with Gasteiger partial charge in [-0.3, -0.25) is 71.9 Å². The summed E-state index contributed by atoms with van der Waals surface area (Å²) in [5, 5.41) is 33.0. The number of aliphatic carboxylic acids is 2. The van der Waals surface area contributed by atoms with Crippen molar-refractivity contribution in [2.45, 2.75) is 172 Å². The van der Waals surface area contributed by atoms with Crippen LogP contribution < -0.4 is 90.9 Å². The van der Waals surface area contributed by atoms with E-state index < -0.39 is 47.7 Å². The highest BCUT2D eigenvalue weighted by atomic mass is 79.9. The molecule has 0 radical (unpaired) electrons. The van der Waals surface area contributed by atoms with Crippen LogP contribution in [0.15, 0.2) is 150 Å². The lowest BCUT2D eigenvalue weighted by atomic mass is 9.88. The molecule has 19 rings (SSSR count). The van der Waals surface area contributed by atoms with Crippen LogP contribution in [0.5, 0.6) is 11.5 Å². The maximum absolute atomic E-state index is 13.3. The molecule has 0 aliphatic carbocycles. The van der Waals surface area contributed by atoms with Gasteiger partial charge in [-0.15, -0.1) is 0 Å². The van der Waals surface area contributed by atoms with Gasteiger partial charge in [0.2, 0.25) is 53.2 Å². The number of amides is 15. The third-order valence-electron chi connectivity index (χ3n) is 30.3. The molecular formula is C104H118BrCl5FN15O21+4. The molecule has 12 heterocycles. The average molecular weight is 2190 g/mol. The number of ether oxygens (including phenoxy) is 1. The van der Waals surface area contributed by atoms with E-state index in [1.165, 1.54) is 31.7 Å². The number of quaternary nitrogens is 6. The fourth-order valence-electron chi connectivity index (χ4n) is 22.1. The molecule has 0 unspecified atom stereocenters. The number of likely N-dealkylation sites (tertiary alicyclic amines) is 6. The molecule has 13 N–H and O–H groups in total. The van der Waals surface area contributed by atoms with Gasteiger partial charge in [-0.25, -0.2) is 33.8 Å². The first kappa shape index (κ1) is 111. The molecule has 12 aliphatic heterocycles. The van der Waals surface area contributed by atoms with Crippen LogP contribution in [0.2, 0.25) is 25.1 Å². The molecule has 7 aromatic carbocycles. The second-order valence-electron chi connectivity index (χ2n) is 39.2. The number of aromatic hydroxyl groups is 1. The van der Waals surface area contributed by atoms with Crippen molar-refractivity contribution >= 4 is 209 Å². The molecule has 36 nitrogen and oxygen atoms in total. The van der Waals surface area contributed by atoms with Crippen LogP contribution in [-0.2, 0) is 81.5 Å². The number of methoxy groups -OCH3 is 1. The Bertz CT molecular complexity index is 6130. The number of hydrogen-bond acceptors (Lipinski definition) is 21. The van der Waals surface area contributed by atoms with Crippen LogP contribution >= 0.6 is 73.9 Å². The van der Waals surface area contributed by atoms with Crippen molar-refractivity contribution in [2.24, 2.45) is 46.8 Å². The van der Waals surface area contributed by atoms with Crippen LogP contribution in [0.1, 0.15) is 138 Å². The molecule has 15 amide bonds. The Morgan fingerprint density at radius 1 is 0.367 bits per heavy atom. The minimum Gasteiger partial charge on any atom is -0.550 e. The Kier molecular flexibility index (Phi) is 36.8. The molecule has 0 bridgehead atoms. The van der Waals surface area contributed by atoms with Crippen molar-refractivity contribution in [1.29, 1.82) is 0 Å². The number of carboxylic acid groups (broad SMARTS) is 2. The fraction of sp³-hybridized carbons (Fsp3) is 0.433. The quantitative estimate of drug-likeness (QED) is 0.0487. The number of primary amides is 3. The molecule has 0 saturated carbocycles. The van der Waals surface area contributed by atoms with E-state index in [1.807, 2.05) is 62.4 Å². The number of nitrogens with zero attached hydrogens (tertiary/aromatic N) is 6. The van der Waals surface area contributed by atoms with Crippen molar-refractivity contribution < 1.29 is 135 Å². The molecule has 780 valence electrons. The first-order valence-electron chi connectivity index (χ1n) is 49.3. The lowest BCUT2D eigenvalue weighted by Gasteiger charge is -2.32. The van der Waals surface area contributed by atoms with Crippen molar-refractivity contribution in [1.82, 2.24) is 0 Å². The normalized spacial score (nSPS) is 27.2. The number of carboxylic acids is 2. The highest BCUT2D eigenvalue weighted by Crippen LogP contribution is 2.39. The summed E-state index contributed by atoms with van der Waals surface area (Å²) in [6.07, 6.45) is 8.57. The smallest absolute Gasteiger partial charge is 0.292 e. The molecule has 12 saturated heterocycles. The SMILES string of the molecule is COc1ccc(C)c(N2C(=O)C[C@H]([NH+]3CCC(C(N)=O)CC3)C2=O)c1.Cc1cccc(N2C(=O)C[C@H]([NH+]3CCC(C(=O)[O-])CC3)C2=O)c1.NC(=O)C1CC[NH+]([C@H]2CC(=O)N(c3cccc(Br)c3)C2=O)CC1.NC(=O)C1CC[NH+]([C@H]2CC(=O)N(c3cccc(Cl)c3Cl)C2=O)CC1.O=C([O-])C1CC[NH+]([C@H]2CC(=O)N(c3ccc(F)c(Cl)c3)C2=O)CC1.O=C1C[C@H]([NH+]2CCC(c3ccccc3O)CC2)C(=O)N1c1cc(Cl)cc(Cl)c1. The predicted molar refractivity (Wildman–Crippen MR) is 538 cm³/mol. The van der Waals surface area contributed by atoms with Crippen LogP contribution in [-0.4, -0.2) is 228 Å². The van der Waals surface area contributed by atoms with Gasteiger partial charge in [0.15, 0.2) is 36.3 Å². The zero-order valence-electron chi connectivity index (χ0n) is 81.2. The largest absolute Gasteiger partial charge is 0.550 e. The Morgan fingerprint density at radius 3 is 1.07 bits per heavy atom. The van der Waals surface area contributed by atoms with Crippen LogP contribution in [0.4, 0.5) is 38.5 Å². The standard InChI is InChI=1S/C21H20Cl2N2O3.C18H23N3O4.C17H20N2O4.C16H18BrN3O3.C16H17Cl2N3O3.C16H16ClFN2O4/c22-14-9-15(23)11-16(10-14)25-20(27)12-18(21(25)28)24-7-5-13(6-8-24)17-3-1-2-4-19(17)26;1-11-3-4-13(25-2)9-14(11)21-16(22)10-15(18(21)24)20-7-5-12(6-8-20)17(19)23;1-11-3-2-4-13(9-11)19-15(20)10-14(16(19)21)18-7-5-12(6-8-18)17(22)23;17-11-2-1-3-12(8-11)20-14(21)9-13(16(20)23)19-6-4-10(5-7-19)15(18)22;17-10-2-1-3-11(14(10)18)21-13(22)8-12(16(21)24)20-6-4-9(5-7-20)15(19)23;17-11-7-10(1-2-12(11)18)20-14(21)8-13(15(20)22)19-5-3-9(4-6-19)16(23)24/h1-4,9-11,13,18,26H,5-8,12H2;3-4,9,12,15H,5-8,10H2,1-2H3,(H2,19,23);2-4,9,12,14H,5-8,10H2,1H3,(H,22,23);1-3,8,10,13H,4-7,9H2,(H2,18,22);1-3,9,12H,4-8H2,(H2,19,23);1-2,7,9,13H,3-6,8H2,(H,23,24)/p+4/t18-;15-;14-;13-;12-;13-/m000000/s1. The van der Waals surface area contributed by atoms with Gasteiger partial charge in [-0.2, -0.15) is 0 Å². The number of aryl methyl sites for hydroxylation is 2. The Morgan fingerprint density at radius 2 is 0.707 bits per heavy atom. The van der Waals surface area contributed by atoms with Crippen LogP contribution in [0.3, 0.4) is 0 Å². The number of para-hydroxylation sites is 1. The van der Waals surface area contributed by atoms with E-state index >= 15 is 0 Å². The van der Waals surface area contributed by atoms with E-state index in [0.29, 0.717) is 185 Å². The van der Waals surface area contributed by atoms with Gasteiger partial charge in [0.25, 0.3) is 35.4 Å². The highest BCUT2D eigenvalue weighted by Gasteiger charge is 2.54. The Balaban J connectivity index is 0.000000139. The third kappa shape index (κ3) is 25.7. The molecule has 7 aromatic rings. The summed E-state index contributed by atoms with van der Waals surface area (Å²) in [5.41, 5.74) is 21.7. The lowest BCUT2D eigenvalue weighted by Crippen LogP contribution is -3.17. The van der Waals surface area contributed by atoms with Gasteiger partial charge in [0, 0.05) is 139 Å². The maximum atomic E-state index is 13.3. The number of halogens is 7. The number of rotatable bonds is 19. The van der Waals surface area contributed by atoms with Crippen molar-refractivity contribution in [3.8, 4) is 11.5 Å². The fourth-order valence-corrected chi connectivity index (χ4v) is 23.5. The van der Waals surface area contributed by atoms with E-state index in [0.717, 1.165) is 92.4 Å². The number of nitrogens with one attached hydrogen (secondary N) is 6. The minimum atomic E-state index is -1.06. The number of anilines is 6. The summed E-state index contributed by atoms with van der Waals surface area (Å²) in [6, 6.07) is 38.2. The molecule has 147 heavy (non-hydrogen) atoms. The van der Waals surface area contributed by atoms with E-state index in [1.54, 1.807) is 86.0 Å². The number of phenolic OH excluding ortho intramolecular Hbond substituents is 1. The van der Waals surface area contributed by atoms with E-state index in [-0.39, 0.29) is 185 Å². The molecule has 12 aliphatic rings. The van der Waals surface area contributed by atoms with Gasteiger partial charge < -0.3 is 76.2 Å². The molecule has 0 aromatic heterocycles. The number of benzene rings is 7. The Labute approximate surface area is 880 Å². The number of imide groups is 6. The first-order chi connectivity index (χ1) is 70.1. The summed E-state index contributed by atoms with van der Waals surface area (Å²) >= 11 is 33.3. The predicted octanol–water partition coefficient (Wildman–Crippen LogP) is 0.303. The zero-order valence-corrected chi connectivity index (χ0v) is 86.5. The maximum Gasteiger partial charge on any atom is 0.292 e. The number of nitrogens with two attached hydrogens (primary N) is 3. The monoisotopic (exact) mass is 2190 g/mol. The minimum absolute atomic E-state index is 0.0547. The van der Waals surface area contributed by atoms with Gasteiger partial charge in [0.1, 0.15) is 17.3 Å². The van der Waals surface area contributed by atoms with Gasteiger partial charge in [-0.05, 0) is 127 Å². The topological polar surface area (TPSA) is 490 Å². The van der Waals surface area contributed by atoms with Crippen molar-refractivity contribution in [3.05, 3.63) is 198 Å². The number of carbonyl (C=O) groups is 17.